The molecule has 4 heteroatoms. The SMILES string of the molecule is Cc1ccc(C(CNC(=O)COc2cccc(C)c2C)N2CCCCCC2)cc1. The standard InChI is InChI=1S/C25H34N2O2/c1-19-11-13-22(14-12-19)23(27-15-6-4-5-7-16-27)17-26-25(28)18-29-24-10-8-9-20(2)21(24)3/h8-14,23H,4-7,15-18H2,1-3H3,(H,26,28). The van der Waals surface area contributed by atoms with Gasteiger partial charge in [0, 0.05) is 6.54 Å². The number of aryl methyl sites for hydroxylation is 2. The van der Waals surface area contributed by atoms with Crippen molar-refractivity contribution >= 4 is 5.91 Å². The average molecular weight is 395 g/mol. The molecular weight excluding hydrogens is 360 g/mol. The number of hydrogen-bond acceptors (Lipinski definition) is 3. The van der Waals surface area contributed by atoms with Gasteiger partial charge in [0.25, 0.3) is 5.91 Å². The number of ether oxygens (including phenoxy) is 1. The van der Waals surface area contributed by atoms with Gasteiger partial charge in [-0.05, 0) is 69.5 Å². The second-order valence-corrected chi connectivity index (χ2v) is 8.17. The summed E-state index contributed by atoms with van der Waals surface area (Å²) in [5, 5.41) is 3.11. The number of carbonyl (C=O) groups excluding carboxylic acids is 1. The molecule has 1 unspecified atom stereocenters. The van der Waals surface area contributed by atoms with Crippen LogP contribution in [0.15, 0.2) is 42.5 Å². The van der Waals surface area contributed by atoms with Gasteiger partial charge in [-0.3, -0.25) is 9.69 Å². The summed E-state index contributed by atoms with van der Waals surface area (Å²) in [5.74, 6) is 0.709. The molecule has 0 saturated carbocycles. The molecule has 0 radical (unpaired) electrons. The van der Waals surface area contributed by atoms with Crippen LogP contribution in [0.2, 0.25) is 0 Å². The van der Waals surface area contributed by atoms with E-state index >= 15 is 0 Å². The van der Waals surface area contributed by atoms with Crippen LogP contribution in [0.1, 0.15) is 54.0 Å². The Labute approximate surface area is 175 Å². The molecule has 1 fully saturated rings. The van der Waals surface area contributed by atoms with Gasteiger partial charge < -0.3 is 10.1 Å². The lowest BCUT2D eigenvalue weighted by Crippen LogP contribution is -2.40. The van der Waals surface area contributed by atoms with Gasteiger partial charge in [0.2, 0.25) is 0 Å². The van der Waals surface area contributed by atoms with E-state index in [4.69, 9.17) is 4.74 Å². The third-order valence-corrected chi connectivity index (χ3v) is 5.95. The fourth-order valence-electron chi connectivity index (χ4n) is 3.94. The molecular formula is C25H34N2O2. The quantitative estimate of drug-likeness (QED) is 0.738. The van der Waals surface area contributed by atoms with Crippen molar-refractivity contribution in [1.82, 2.24) is 10.2 Å². The highest BCUT2D eigenvalue weighted by Crippen LogP contribution is 2.24. The van der Waals surface area contributed by atoms with Gasteiger partial charge in [0.1, 0.15) is 5.75 Å². The maximum Gasteiger partial charge on any atom is 0.258 e. The molecule has 1 atom stereocenters. The lowest BCUT2D eigenvalue weighted by Gasteiger charge is -2.31. The van der Waals surface area contributed by atoms with Gasteiger partial charge in [0.15, 0.2) is 6.61 Å². The highest BCUT2D eigenvalue weighted by atomic mass is 16.5. The molecule has 1 aliphatic rings. The minimum absolute atomic E-state index is 0.0465. The first-order valence-electron chi connectivity index (χ1n) is 10.8. The number of rotatable bonds is 7. The molecule has 156 valence electrons. The minimum atomic E-state index is -0.0714. The topological polar surface area (TPSA) is 41.6 Å². The summed E-state index contributed by atoms with van der Waals surface area (Å²) in [6, 6.07) is 14.9. The summed E-state index contributed by atoms with van der Waals surface area (Å²) in [6.45, 7) is 9.02. The Morgan fingerprint density at radius 3 is 2.38 bits per heavy atom. The summed E-state index contributed by atoms with van der Waals surface area (Å²) in [7, 11) is 0. The number of likely N-dealkylation sites (tertiary alicyclic amines) is 1. The predicted molar refractivity (Wildman–Crippen MR) is 118 cm³/mol. The van der Waals surface area contributed by atoms with Crippen LogP contribution in [0.25, 0.3) is 0 Å². The van der Waals surface area contributed by atoms with Crippen molar-refractivity contribution in [3.05, 3.63) is 64.7 Å². The van der Waals surface area contributed by atoms with Gasteiger partial charge in [0.05, 0.1) is 6.04 Å². The first-order chi connectivity index (χ1) is 14.0. The van der Waals surface area contributed by atoms with Crippen LogP contribution in [-0.2, 0) is 4.79 Å². The number of nitrogens with one attached hydrogen (secondary N) is 1. The van der Waals surface area contributed by atoms with Gasteiger partial charge in [-0.1, -0.05) is 54.8 Å². The molecule has 3 rings (SSSR count). The van der Waals surface area contributed by atoms with Crippen LogP contribution >= 0.6 is 0 Å². The van der Waals surface area contributed by atoms with E-state index in [0.29, 0.717) is 6.54 Å². The summed E-state index contributed by atoms with van der Waals surface area (Å²) >= 11 is 0. The molecule has 1 saturated heterocycles. The Bertz CT molecular complexity index is 793. The largest absolute Gasteiger partial charge is 0.483 e. The monoisotopic (exact) mass is 394 g/mol. The van der Waals surface area contributed by atoms with Crippen LogP contribution in [0, 0.1) is 20.8 Å². The lowest BCUT2D eigenvalue weighted by molar-refractivity contribution is -0.123. The third kappa shape index (κ3) is 6.07. The van der Waals surface area contributed by atoms with Crippen LogP contribution in [0.4, 0.5) is 0 Å². The Morgan fingerprint density at radius 2 is 1.69 bits per heavy atom. The molecule has 0 bridgehead atoms. The number of benzene rings is 2. The van der Waals surface area contributed by atoms with Crippen molar-refractivity contribution in [3.63, 3.8) is 0 Å². The Balaban J connectivity index is 1.61. The molecule has 1 amide bonds. The first-order valence-corrected chi connectivity index (χ1v) is 10.8. The maximum atomic E-state index is 12.5. The van der Waals surface area contributed by atoms with E-state index in [2.05, 4.69) is 54.4 Å². The van der Waals surface area contributed by atoms with E-state index < -0.39 is 0 Å². The van der Waals surface area contributed by atoms with Crippen molar-refractivity contribution < 1.29 is 9.53 Å². The smallest absolute Gasteiger partial charge is 0.258 e. The summed E-state index contributed by atoms with van der Waals surface area (Å²) < 4.78 is 5.77. The Morgan fingerprint density at radius 1 is 1.00 bits per heavy atom. The second-order valence-electron chi connectivity index (χ2n) is 8.17. The van der Waals surface area contributed by atoms with Crippen LogP contribution in [0.3, 0.4) is 0 Å². The minimum Gasteiger partial charge on any atom is -0.483 e. The molecule has 2 aromatic carbocycles. The normalized spacial score (nSPS) is 16.1. The van der Waals surface area contributed by atoms with Crippen molar-refractivity contribution in [3.8, 4) is 5.75 Å². The molecule has 2 aromatic rings. The highest BCUT2D eigenvalue weighted by Gasteiger charge is 2.22. The molecule has 0 aromatic heterocycles. The van der Waals surface area contributed by atoms with E-state index in [1.807, 2.05) is 19.1 Å². The summed E-state index contributed by atoms with van der Waals surface area (Å²) in [5.41, 5.74) is 4.79. The first kappa shape index (κ1) is 21.4. The molecule has 1 heterocycles. The number of hydrogen-bond donors (Lipinski definition) is 1. The fourth-order valence-corrected chi connectivity index (χ4v) is 3.94. The number of carbonyl (C=O) groups is 1. The van der Waals surface area contributed by atoms with Crippen LogP contribution in [0.5, 0.6) is 5.75 Å². The lowest BCUT2D eigenvalue weighted by atomic mass is 10.0. The average Bonchev–Trinajstić information content (AvgIpc) is 3.00. The predicted octanol–water partition coefficient (Wildman–Crippen LogP) is 4.72. The number of nitrogens with zero attached hydrogens (tertiary/aromatic N) is 1. The van der Waals surface area contributed by atoms with E-state index in [0.717, 1.165) is 24.4 Å². The van der Waals surface area contributed by atoms with Gasteiger partial charge in [-0.25, -0.2) is 0 Å². The fraction of sp³-hybridized carbons (Fsp3) is 0.480. The van der Waals surface area contributed by atoms with Crippen molar-refractivity contribution in [2.45, 2.75) is 52.5 Å². The van der Waals surface area contributed by atoms with E-state index in [9.17, 15) is 4.79 Å². The second kappa shape index (κ2) is 10.4. The summed E-state index contributed by atoms with van der Waals surface area (Å²) in [6.07, 6.45) is 5.05. The van der Waals surface area contributed by atoms with Crippen molar-refractivity contribution in [2.24, 2.45) is 0 Å². The number of amides is 1. The van der Waals surface area contributed by atoms with E-state index in [-0.39, 0.29) is 18.6 Å². The van der Waals surface area contributed by atoms with Crippen LogP contribution < -0.4 is 10.1 Å². The zero-order valence-electron chi connectivity index (χ0n) is 18.0. The molecule has 4 nitrogen and oxygen atoms in total. The Hall–Kier alpha value is -2.33. The van der Waals surface area contributed by atoms with Crippen molar-refractivity contribution in [1.29, 1.82) is 0 Å². The highest BCUT2D eigenvalue weighted by molar-refractivity contribution is 5.77. The summed E-state index contributed by atoms with van der Waals surface area (Å²) in [4.78, 5) is 15.0. The molecule has 1 N–H and O–H groups in total. The molecule has 1 aliphatic heterocycles. The zero-order chi connectivity index (χ0) is 20.6. The van der Waals surface area contributed by atoms with Crippen molar-refractivity contribution in [2.75, 3.05) is 26.2 Å². The van der Waals surface area contributed by atoms with E-state index in [1.54, 1.807) is 0 Å². The van der Waals surface area contributed by atoms with Crippen LogP contribution in [-0.4, -0.2) is 37.0 Å². The van der Waals surface area contributed by atoms with Gasteiger partial charge in [-0.2, -0.15) is 0 Å². The molecule has 0 spiro atoms. The maximum absolute atomic E-state index is 12.5. The van der Waals surface area contributed by atoms with E-state index in [1.165, 1.54) is 42.4 Å². The molecule has 29 heavy (non-hydrogen) atoms. The third-order valence-electron chi connectivity index (χ3n) is 5.95. The molecule has 0 aliphatic carbocycles. The van der Waals surface area contributed by atoms with Gasteiger partial charge in [-0.15, -0.1) is 0 Å². The Kier molecular flexibility index (Phi) is 7.70. The van der Waals surface area contributed by atoms with Gasteiger partial charge >= 0.3 is 0 Å². The zero-order valence-corrected chi connectivity index (χ0v) is 18.0.